The van der Waals surface area contributed by atoms with E-state index in [-0.39, 0.29) is 6.04 Å². The highest BCUT2D eigenvalue weighted by molar-refractivity contribution is 6.32. The Labute approximate surface area is 172 Å². The topological polar surface area (TPSA) is 105 Å². The molecule has 0 aliphatic carbocycles. The van der Waals surface area contributed by atoms with Gasteiger partial charge in [0.05, 0.1) is 47.1 Å². The van der Waals surface area contributed by atoms with Crippen molar-refractivity contribution in [2.75, 3.05) is 18.5 Å². The number of aromatic nitrogens is 4. The molecular formula is C20H20ClN5O3. The number of hydrogen-bond acceptors (Lipinski definition) is 7. The number of anilines is 1. The predicted molar refractivity (Wildman–Crippen MR) is 108 cm³/mol. The van der Waals surface area contributed by atoms with E-state index in [9.17, 15) is 5.11 Å². The van der Waals surface area contributed by atoms with Crippen molar-refractivity contribution in [3.8, 4) is 28.1 Å². The summed E-state index contributed by atoms with van der Waals surface area (Å²) in [5.74, 6) is 1.23. The standard InChI is InChI=1S/C20H20ClN5O3/c1-10-18-12-6-11(2-3-17(12)29-8-15(18)26-25-10)19-13(21)7-22-20(24-19)23-14-4-5-28-9-16(14)27/h2-3,6-7,14,16,27H,4-5,8-9H2,1H3,(H,25,26)(H,22,23,24)/t14-,16-/m1/s1. The van der Waals surface area contributed by atoms with Crippen LogP contribution in [0.25, 0.3) is 22.4 Å². The predicted octanol–water partition coefficient (Wildman–Crippen LogP) is 2.95. The number of benzene rings is 1. The summed E-state index contributed by atoms with van der Waals surface area (Å²) in [7, 11) is 0. The Kier molecular flexibility index (Phi) is 4.61. The van der Waals surface area contributed by atoms with Crippen LogP contribution in [0, 0.1) is 6.92 Å². The highest BCUT2D eigenvalue weighted by atomic mass is 35.5. The number of aliphatic hydroxyl groups excluding tert-OH is 1. The van der Waals surface area contributed by atoms with E-state index < -0.39 is 6.10 Å². The molecule has 9 heteroatoms. The molecule has 1 aromatic carbocycles. The van der Waals surface area contributed by atoms with Crippen molar-refractivity contribution in [1.82, 2.24) is 20.2 Å². The number of aryl methyl sites for hydroxylation is 1. The number of aliphatic hydroxyl groups is 1. The summed E-state index contributed by atoms with van der Waals surface area (Å²) in [4.78, 5) is 8.89. The average molecular weight is 414 g/mol. The number of rotatable bonds is 3. The first-order chi connectivity index (χ1) is 14.1. The second-order valence-corrected chi connectivity index (χ2v) is 7.64. The van der Waals surface area contributed by atoms with Crippen molar-refractivity contribution in [3.05, 3.63) is 40.8 Å². The molecule has 0 spiro atoms. The average Bonchev–Trinajstić information content (AvgIpc) is 3.12. The van der Waals surface area contributed by atoms with Crippen LogP contribution >= 0.6 is 11.6 Å². The summed E-state index contributed by atoms with van der Waals surface area (Å²) >= 11 is 6.42. The van der Waals surface area contributed by atoms with Gasteiger partial charge in [-0.15, -0.1) is 0 Å². The summed E-state index contributed by atoms with van der Waals surface area (Å²) in [6, 6.07) is 5.71. The van der Waals surface area contributed by atoms with E-state index in [0.717, 1.165) is 33.8 Å². The van der Waals surface area contributed by atoms with Crippen LogP contribution in [0.3, 0.4) is 0 Å². The van der Waals surface area contributed by atoms with Gasteiger partial charge in [0.25, 0.3) is 0 Å². The molecular weight excluding hydrogens is 394 g/mol. The third-order valence-electron chi connectivity index (χ3n) is 5.30. The van der Waals surface area contributed by atoms with Gasteiger partial charge in [0.1, 0.15) is 12.4 Å². The molecule has 150 valence electrons. The van der Waals surface area contributed by atoms with Gasteiger partial charge in [-0.05, 0) is 31.5 Å². The maximum absolute atomic E-state index is 10.1. The van der Waals surface area contributed by atoms with Crippen molar-refractivity contribution in [3.63, 3.8) is 0 Å². The molecule has 2 aliphatic heterocycles. The van der Waals surface area contributed by atoms with E-state index in [4.69, 9.17) is 21.1 Å². The molecule has 5 rings (SSSR count). The van der Waals surface area contributed by atoms with Gasteiger partial charge in [0.15, 0.2) is 0 Å². The molecule has 1 saturated heterocycles. The van der Waals surface area contributed by atoms with Crippen LogP contribution in [0.5, 0.6) is 5.75 Å². The summed E-state index contributed by atoms with van der Waals surface area (Å²) < 4.78 is 11.1. The molecule has 3 N–H and O–H groups in total. The van der Waals surface area contributed by atoms with E-state index in [1.807, 2.05) is 25.1 Å². The lowest BCUT2D eigenvalue weighted by Gasteiger charge is -2.28. The van der Waals surface area contributed by atoms with Crippen LogP contribution in [0.4, 0.5) is 5.95 Å². The number of fused-ring (bicyclic) bond motifs is 3. The monoisotopic (exact) mass is 413 g/mol. The molecule has 2 atom stereocenters. The molecule has 8 nitrogen and oxygen atoms in total. The van der Waals surface area contributed by atoms with Crippen molar-refractivity contribution < 1.29 is 14.6 Å². The minimum atomic E-state index is -0.602. The molecule has 0 unspecified atom stereocenters. The lowest BCUT2D eigenvalue weighted by atomic mass is 9.97. The first kappa shape index (κ1) is 18.4. The minimum absolute atomic E-state index is 0.161. The summed E-state index contributed by atoms with van der Waals surface area (Å²) in [5, 5.41) is 21.1. The fourth-order valence-corrected chi connectivity index (χ4v) is 3.99. The van der Waals surface area contributed by atoms with Crippen LogP contribution in [-0.2, 0) is 11.3 Å². The van der Waals surface area contributed by atoms with Gasteiger partial charge in [-0.25, -0.2) is 9.97 Å². The van der Waals surface area contributed by atoms with E-state index in [1.54, 1.807) is 6.20 Å². The summed E-state index contributed by atoms with van der Waals surface area (Å²) in [6.07, 6.45) is 1.65. The molecule has 29 heavy (non-hydrogen) atoms. The van der Waals surface area contributed by atoms with Crippen molar-refractivity contribution in [1.29, 1.82) is 0 Å². The molecule has 0 radical (unpaired) electrons. The fraction of sp³-hybridized carbons (Fsp3) is 0.350. The summed E-state index contributed by atoms with van der Waals surface area (Å²) in [5.41, 5.74) is 5.36. The van der Waals surface area contributed by atoms with Crippen molar-refractivity contribution >= 4 is 17.5 Å². The van der Waals surface area contributed by atoms with Gasteiger partial charge < -0.3 is 19.9 Å². The van der Waals surface area contributed by atoms with Crippen LogP contribution in [0.15, 0.2) is 24.4 Å². The maximum Gasteiger partial charge on any atom is 0.223 e. The number of halogens is 1. The SMILES string of the molecule is Cc1n[nH]c2c1-c1cc(-c3nc(N[C@@H]4CCOC[C@H]4O)ncc3Cl)ccc1OC2. The summed E-state index contributed by atoms with van der Waals surface area (Å²) in [6.45, 7) is 3.33. The van der Waals surface area contributed by atoms with Gasteiger partial charge in [-0.2, -0.15) is 5.10 Å². The van der Waals surface area contributed by atoms with Crippen molar-refractivity contribution in [2.24, 2.45) is 0 Å². The van der Waals surface area contributed by atoms with E-state index in [1.165, 1.54) is 0 Å². The third-order valence-corrected chi connectivity index (χ3v) is 5.58. The molecule has 1 fully saturated rings. The van der Waals surface area contributed by atoms with Gasteiger partial charge in [-0.3, -0.25) is 5.10 Å². The maximum atomic E-state index is 10.1. The normalized spacial score (nSPS) is 20.5. The number of nitrogens with zero attached hydrogens (tertiary/aromatic N) is 3. The Morgan fingerprint density at radius 2 is 2.24 bits per heavy atom. The molecule has 4 heterocycles. The number of aromatic amines is 1. The smallest absolute Gasteiger partial charge is 0.223 e. The molecule has 3 aromatic rings. The van der Waals surface area contributed by atoms with Gasteiger partial charge >= 0.3 is 0 Å². The van der Waals surface area contributed by atoms with Crippen LogP contribution in [0.1, 0.15) is 17.8 Å². The van der Waals surface area contributed by atoms with E-state index in [2.05, 4.69) is 25.5 Å². The zero-order valence-electron chi connectivity index (χ0n) is 15.8. The Bertz CT molecular complexity index is 1070. The molecule has 0 amide bonds. The second-order valence-electron chi connectivity index (χ2n) is 7.23. The zero-order chi connectivity index (χ0) is 20.0. The number of H-pyrrole nitrogens is 1. The first-order valence-corrected chi connectivity index (χ1v) is 9.84. The molecule has 0 saturated carbocycles. The highest BCUT2D eigenvalue weighted by Gasteiger charge is 2.25. The Balaban J connectivity index is 1.51. The van der Waals surface area contributed by atoms with Crippen LogP contribution in [0.2, 0.25) is 5.02 Å². The van der Waals surface area contributed by atoms with Gasteiger partial charge in [0, 0.05) is 23.3 Å². The van der Waals surface area contributed by atoms with Crippen LogP contribution < -0.4 is 10.1 Å². The Morgan fingerprint density at radius 3 is 3.10 bits per heavy atom. The molecule has 2 aromatic heterocycles. The Morgan fingerprint density at radius 1 is 1.34 bits per heavy atom. The highest BCUT2D eigenvalue weighted by Crippen LogP contribution is 2.41. The minimum Gasteiger partial charge on any atom is -0.487 e. The lowest BCUT2D eigenvalue weighted by molar-refractivity contribution is -0.0136. The molecule has 2 aliphatic rings. The second kappa shape index (κ2) is 7.29. The number of nitrogens with one attached hydrogen (secondary N) is 2. The quantitative estimate of drug-likeness (QED) is 0.606. The third kappa shape index (κ3) is 3.33. The van der Waals surface area contributed by atoms with E-state index >= 15 is 0 Å². The van der Waals surface area contributed by atoms with E-state index in [0.29, 0.717) is 42.9 Å². The first-order valence-electron chi connectivity index (χ1n) is 9.46. The Hall–Kier alpha value is -2.68. The fourth-order valence-electron chi connectivity index (χ4n) is 3.79. The lowest BCUT2D eigenvalue weighted by Crippen LogP contribution is -2.42. The van der Waals surface area contributed by atoms with Gasteiger partial charge in [-0.1, -0.05) is 11.6 Å². The molecule has 0 bridgehead atoms. The number of hydrogen-bond donors (Lipinski definition) is 3. The number of ether oxygens (including phenoxy) is 2. The van der Waals surface area contributed by atoms with Crippen LogP contribution in [-0.4, -0.2) is 50.6 Å². The zero-order valence-corrected chi connectivity index (χ0v) is 16.5. The van der Waals surface area contributed by atoms with Crippen molar-refractivity contribution in [2.45, 2.75) is 32.1 Å². The van der Waals surface area contributed by atoms with Gasteiger partial charge in [0.2, 0.25) is 5.95 Å². The largest absolute Gasteiger partial charge is 0.487 e.